The first-order chi connectivity index (χ1) is 11.1. The van der Waals surface area contributed by atoms with Crippen LogP contribution in [0.1, 0.15) is 32.3 Å². The first-order valence-electron chi connectivity index (χ1n) is 8.64. The van der Waals surface area contributed by atoms with E-state index < -0.39 is 0 Å². The number of carbonyl (C=O) groups excluding carboxylic acids is 1. The van der Waals surface area contributed by atoms with E-state index >= 15 is 0 Å². The molecule has 0 spiro atoms. The number of nitrogens with zero attached hydrogens (tertiary/aromatic N) is 2. The molecule has 2 atom stereocenters. The van der Waals surface area contributed by atoms with Crippen molar-refractivity contribution < 1.29 is 9.53 Å². The lowest BCUT2D eigenvalue weighted by atomic mass is 10.1. The minimum absolute atomic E-state index is 0.00299. The lowest BCUT2D eigenvalue weighted by Gasteiger charge is -2.35. The molecule has 2 amide bonds. The van der Waals surface area contributed by atoms with Crippen LogP contribution in [0.4, 0.5) is 10.5 Å². The van der Waals surface area contributed by atoms with Crippen LogP contribution in [-0.4, -0.2) is 49.3 Å². The lowest BCUT2D eigenvalue weighted by molar-refractivity contribution is -0.0545. The van der Waals surface area contributed by atoms with Crippen molar-refractivity contribution in [3.05, 3.63) is 29.8 Å². The van der Waals surface area contributed by atoms with Crippen LogP contribution in [0.25, 0.3) is 0 Å². The highest BCUT2D eigenvalue weighted by Crippen LogP contribution is 2.24. The normalized spacial score (nSPS) is 24.8. The van der Waals surface area contributed by atoms with Crippen molar-refractivity contribution in [1.82, 2.24) is 10.2 Å². The molecule has 2 aliphatic rings. The van der Waals surface area contributed by atoms with Crippen molar-refractivity contribution in [2.45, 2.75) is 45.4 Å². The Labute approximate surface area is 138 Å². The molecule has 2 aliphatic heterocycles. The summed E-state index contributed by atoms with van der Waals surface area (Å²) in [5.74, 6) is 0. The molecule has 1 aromatic carbocycles. The van der Waals surface area contributed by atoms with Gasteiger partial charge in [-0.2, -0.15) is 0 Å². The van der Waals surface area contributed by atoms with E-state index in [0.29, 0.717) is 19.6 Å². The van der Waals surface area contributed by atoms with Crippen LogP contribution < -0.4 is 10.2 Å². The molecule has 2 saturated heterocycles. The van der Waals surface area contributed by atoms with Gasteiger partial charge in [-0.3, -0.25) is 0 Å². The maximum absolute atomic E-state index is 12.4. The zero-order chi connectivity index (χ0) is 16.2. The number of carbonyl (C=O) groups is 1. The van der Waals surface area contributed by atoms with E-state index in [4.69, 9.17) is 4.74 Å². The summed E-state index contributed by atoms with van der Waals surface area (Å²) in [5, 5.41) is 3.08. The van der Waals surface area contributed by atoms with E-state index in [9.17, 15) is 4.79 Å². The van der Waals surface area contributed by atoms with Crippen LogP contribution in [0.15, 0.2) is 24.3 Å². The fourth-order valence-corrected chi connectivity index (χ4v) is 3.55. The molecule has 5 nitrogen and oxygen atoms in total. The number of hydrogen-bond donors (Lipinski definition) is 1. The van der Waals surface area contributed by atoms with E-state index in [0.717, 1.165) is 13.1 Å². The molecular weight excluding hydrogens is 290 g/mol. The standard InChI is InChI=1S/C18H27N3O2/c1-14-12-21(13-15(2)23-14)18(22)19-11-16-7-3-4-8-17(16)20-9-5-6-10-20/h3-4,7-8,14-15H,5-6,9-13H2,1-2H3,(H,19,22). The zero-order valence-electron chi connectivity index (χ0n) is 14.1. The number of rotatable bonds is 3. The first-order valence-corrected chi connectivity index (χ1v) is 8.64. The number of benzene rings is 1. The summed E-state index contributed by atoms with van der Waals surface area (Å²) in [6, 6.07) is 8.39. The SMILES string of the molecule is CC1CN(C(=O)NCc2ccccc2N2CCCC2)CC(C)O1. The fourth-order valence-electron chi connectivity index (χ4n) is 3.55. The molecule has 23 heavy (non-hydrogen) atoms. The van der Waals surface area contributed by atoms with Crippen molar-refractivity contribution in [2.24, 2.45) is 0 Å². The second kappa shape index (κ2) is 7.21. The van der Waals surface area contributed by atoms with E-state index in [-0.39, 0.29) is 18.2 Å². The summed E-state index contributed by atoms with van der Waals surface area (Å²) < 4.78 is 5.69. The van der Waals surface area contributed by atoms with Gasteiger partial charge in [-0.05, 0) is 38.3 Å². The predicted molar refractivity (Wildman–Crippen MR) is 91.7 cm³/mol. The van der Waals surface area contributed by atoms with E-state index in [1.54, 1.807) is 0 Å². The van der Waals surface area contributed by atoms with Crippen molar-refractivity contribution in [1.29, 1.82) is 0 Å². The molecule has 1 N–H and O–H groups in total. The first kappa shape index (κ1) is 16.1. The van der Waals surface area contributed by atoms with Gasteiger partial charge in [0.15, 0.2) is 0 Å². The quantitative estimate of drug-likeness (QED) is 0.932. The Hall–Kier alpha value is -1.75. The monoisotopic (exact) mass is 317 g/mol. The molecule has 126 valence electrons. The van der Waals surface area contributed by atoms with Crippen LogP contribution in [0.3, 0.4) is 0 Å². The third-order valence-corrected chi connectivity index (χ3v) is 4.58. The van der Waals surface area contributed by atoms with Gasteiger partial charge in [-0.15, -0.1) is 0 Å². The summed E-state index contributed by atoms with van der Waals surface area (Å²) in [6.45, 7) is 8.14. The molecule has 2 heterocycles. The Balaban J connectivity index is 1.61. The molecule has 0 saturated carbocycles. The molecule has 2 fully saturated rings. The number of morpholine rings is 1. The Morgan fingerprint density at radius 2 is 1.83 bits per heavy atom. The smallest absolute Gasteiger partial charge is 0.317 e. The Morgan fingerprint density at radius 1 is 1.17 bits per heavy atom. The molecule has 2 unspecified atom stereocenters. The largest absolute Gasteiger partial charge is 0.372 e. The fraction of sp³-hybridized carbons (Fsp3) is 0.611. The molecular formula is C18H27N3O2. The zero-order valence-corrected chi connectivity index (χ0v) is 14.1. The van der Waals surface area contributed by atoms with Gasteiger partial charge >= 0.3 is 6.03 Å². The van der Waals surface area contributed by atoms with Gasteiger partial charge in [0.05, 0.1) is 12.2 Å². The topological polar surface area (TPSA) is 44.8 Å². The average Bonchev–Trinajstić information content (AvgIpc) is 3.06. The Morgan fingerprint density at radius 3 is 2.52 bits per heavy atom. The second-order valence-electron chi connectivity index (χ2n) is 6.64. The minimum atomic E-state index is 0.00299. The number of urea groups is 1. The van der Waals surface area contributed by atoms with Crippen molar-refractivity contribution in [3.8, 4) is 0 Å². The van der Waals surface area contributed by atoms with Crippen molar-refractivity contribution >= 4 is 11.7 Å². The molecule has 3 rings (SSSR count). The van der Waals surface area contributed by atoms with Gasteiger partial charge in [0.1, 0.15) is 0 Å². The van der Waals surface area contributed by atoms with Crippen molar-refractivity contribution in [3.63, 3.8) is 0 Å². The maximum Gasteiger partial charge on any atom is 0.317 e. The highest BCUT2D eigenvalue weighted by molar-refractivity contribution is 5.74. The molecule has 1 aromatic rings. The minimum Gasteiger partial charge on any atom is -0.372 e. The van der Waals surface area contributed by atoms with Crippen molar-refractivity contribution in [2.75, 3.05) is 31.1 Å². The van der Waals surface area contributed by atoms with E-state index in [1.165, 1.54) is 24.1 Å². The van der Waals surface area contributed by atoms with Crippen LogP contribution in [0.2, 0.25) is 0 Å². The predicted octanol–water partition coefficient (Wildman–Crippen LogP) is 2.61. The van der Waals surface area contributed by atoms with Gasteiger partial charge < -0.3 is 19.9 Å². The number of ether oxygens (including phenoxy) is 1. The maximum atomic E-state index is 12.4. The average molecular weight is 317 g/mol. The highest BCUT2D eigenvalue weighted by Gasteiger charge is 2.25. The molecule has 5 heteroatoms. The molecule has 0 aromatic heterocycles. The molecule has 0 radical (unpaired) electrons. The van der Waals surface area contributed by atoms with E-state index in [2.05, 4.69) is 28.4 Å². The number of anilines is 1. The van der Waals surface area contributed by atoms with Gasteiger partial charge in [-0.25, -0.2) is 4.79 Å². The summed E-state index contributed by atoms with van der Waals surface area (Å²) in [6.07, 6.45) is 2.71. The third-order valence-electron chi connectivity index (χ3n) is 4.58. The summed E-state index contributed by atoms with van der Waals surface area (Å²) in [7, 11) is 0. The van der Waals surface area contributed by atoms with Crippen LogP contribution in [0.5, 0.6) is 0 Å². The van der Waals surface area contributed by atoms with E-state index in [1.807, 2.05) is 24.8 Å². The summed E-state index contributed by atoms with van der Waals surface area (Å²) >= 11 is 0. The summed E-state index contributed by atoms with van der Waals surface area (Å²) in [5.41, 5.74) is 2.45. The summed E-state index contributed by atoms with van der Waals surface area (Å²) in [4.78, 5) is 16.7. The Kier molecular flexibility index (Phi) is 5.06. The molecule has 0 bridgehead atoms. The van der Waals surface area contributed by atoms with Gasteiger partial charge in [0, 0.05) is 38.4 Å². The molecule has 0 aliphatic carbocycles. The van der Waals surface area contributed by atoms with Crippen LogP contribution in [-0.2, 0) is 11.3 Å². The third kappa shape index (κ3) is 3.96. The van der Waals surface area contributed by atoms with Gasteiger partial charge in [0.25, 0.3) is 0 Å². The number of hydrogen-bond acceptors (Lipinski definition) is 3. The lowest BCUT2D eigenvalue weighted by Crippen LogP contribution is -2.51. The number of amides is 2. The second-order valence-corrected chi connectivity index (χ2v) is 6.64. The highest BCUT2D eigenvalue weighted by atomic mass is 16.5. The van der Waals surface area contributed by atoms with Crippen LogP contribution in [0, 0.1) is 0 Å². The van der Waals surface area contributed by atoms with Crippen LogP contribution >= 0.6 is 0 Å². The van der Waals surface area contributed by atoms with Gasteiger partial charge in [-0.1, -0.05) is 18.2 Å². The Bertz CT molecular complexity index is 533. The number of nitrogens with one attached hydrogen (secondary N) is 1. The number of para-hydroxylation sites is 1. The van der Waals surface area contributed by atoms with Gasteiger partial charge in [0.2, 0.25) is 0 Å².